The Kier molecular flexibility index (Phi) is 6.79. The van der Waals surface area contributed by atoms with E-state index in [4.69, 9.17) is 0 Å². The van der Waals surface area contributed by atoms with Gasteiger partial charge >= 0.3 is 0 Å². The van der Waals surface area contributed by atoms with Crippen molar-refractivity contribution in [3.05, 3.63) is 48.3 Å². The summed E-state index contributed by atoms with van der Waals surface area (Å²) < 4.78 is 40.1. The number of aromatic nitrogens is 2. The van der Waals surface area contributed by atoms with E-state index in [1.54, 1.807) is 12.5 Å². The summed E-state index contributed by atoms with van der Waals surface area (Å²) in [5.41, 5.74) is 0.984. The van der Waals surface area contributed by atoms with Crippen molar-refractivity contribution in [3.8, 4) is 0 Å². The molecule has 28 heavy (non-hydrogen) atoms. The molecule has 0 radical (unpaired) electrons. The number of carbonyl (C=O) groups is 1. The topological polar surface area (TPSA) is 104 Å². The van der Waals surface area contributed by atoms with Gasteiger partial charge in [-0.25, -0.2) is 22.5 Å². The molecule has 0 atom stereocenters. The molecular weight excluding hydrogens is 383 g/mol. The first-order chi connectivity index (χ1) is 13.4. The first-order valence-corrected chi connectivity index (χ1v) is 10.9. The van der Waals surface area contributed by atoms with Gasteiger partial charge in [-0.3, -0.25) is 4.79 Å². The largest absolute Gasteiger partial charge is 0.355 e. The molecule has 0 aliphatic heterocycles. The van der Waals surface area contributed by atoms with Gasteiger partial charge in [0.25, 0.3) is 0 Å². The summed E-state index contributed by atoms with van der Waals surface area (Å²) in [7, 11) is -3.64. The van der Waals surface area contributed by atoms with Crippen LogP contribution in [0, 0.1) is 17.7 Å². The van der Waals surface area contributed by atoms with Crippen LogP contribution in [0.25, 0.3) is 0 Å². The van der Waals surface area contributed by atoms with Crippen molar-refractivity contribution in [1.29, 1.82) is 0 Å². The van der Waals surface area contributed by atoms with Crippen LogP contribution in [0.5, 0.6) is 0 Å². The Morgan fingerprint density at radius 1 is 1.18 bits per heavy atom. The van der Waals surface area contributed by atoms with E-state index in [-0.39, 0.29) is 22.6 Å². The lowest BCUT2D eigenvalue weighted by atomic mass is 9.81. The van der Waals surface area contributed by atoms with Gasteiger partial charge in [-0.05, 0) is 55.9 Å². The minimum absolute atomic E-state index is 0.0216. The van der Waals surface area contributed by atoms with E-state index in [1.165, 1.54) is 12.1 Å². The fourth-order valence-corrected chi connectivity index (χ4v) is 4.56. The van der Waals surface area contributed by atoms with Crippen LogP contribution in [-0.4, -0.2) is 37.4 Å². The first kappa shape index (κ1) is 20.5. The minimum atomic E-state index is -3.64. The second-order valence-electron chi connectivity index (χ2n) is 7.14. The molecule has 0 spiro atoms. The molecule has 0 unspecified atom stereocenters. The highest BCUT2D eigenvalue weighted by molar-refractivity contribution is 7.89. The summed E-state index contributed by atoms with van der Waals surface area (Å²) in [6.45, 7) is 0.895. The van der Waals surface area contributed by atoms with Crippen LogP contribution < -0.4 is 10.0 Å². The lowest BCUT2D eigenvalue weighted by Gasteiger charge is -2.27. The monoisotopic (exact) mass is 408 g/mol. The number of hydrogen-bond acceptors (Lipinski definition) is 4. The van der Waals surface area contributed by atoms with Crippen LogP contribution in [0.3, 0.4) is 0 Å². The van der Waals surface area contributed by atoms with Crippen molar-refractivity contribution in [3.63, 3.8) is 0 Å². The van der Waals surface area contributed by atoms with Gasteiger partial charge < -0.3 is 10.3 Å². The number of benzene rings is 1. The second-order valence-corrected chi connectivity index (χ2v) is 8.91. The van der Waals surface area contributed by atoms with Crippen molar-refractivity contribution in [2.45, 2.75) is 37.0 Å². The maximum Gasteiger partial charge on any atom is 0.240 e. The number of imidazole rings is 1. The zero-order valence-corrected chi connectivity index (χ0v) is 16.3. The van der Waals surface area contributed by atoms with Gasteiger partial charge in [0.2, 0.25) is 15.9 Å². The zero-order valence-electron chi connectivity index (χ0n) is 15.5. The summed E-state index contributed by atoms with van der Waals surface area (Å²) in [5, 5.41) is 2.96. The predicted octanol–water partition coefficient (Wildman–Crippen LogP) is 1.99. The predicted molar refractivity (Wildman–Crippen MR) is 102 cm³/mol. The molecule has 1 saturated carbocycles. The number of rotatable bonds is 8. The number of amides is 1. The summed E-state index contributed by atoms with van der Waals surface area (Å²) in [6.07, 6.45) is 7.16. The highest BCUT2D eigenvalue weighted by atomic mass is 32.2. The molecule has 1 amide bonds. The molecule has 3 rings (SSSR count). The number of nitrogens with one attached hydrogen (secondary N) is 3. The fourth-order valence-electron chi connectivity index (χ4n) is 3.44. The molecule has 1 aliphatic carbocycles. The Morgan fingerprint density at radius 3 is 2.54 bits per heavy atom. The molecule has 1 aliphatic rings. The summed E-state index contributed by atoms with van der Waals surface area (Å²) in [4.78, 5) is 19.3. The van der Waals surface area contributed by atoms with Crippen LogP contribution in [0.1, 0.15) is 31.4 Å². The Bertz CT molecular complexity index is 861. The van der Waals surface area contributed by atoms with Gasteiger partial charge in [-0.15, -0.1) is 0 Å². The fraction of sp³-hybridized carbons (Fsp3) is 0.474. The number of sulfonamides is 1. The van der Waals surface area contributed by atoms with E-state index >= 15 is 0 Å². The maximum absolute atomic E-state index is 13.0. The molecule has 9 heteroatoms. The van der Waals surface area contributed by atoms with Gasteiger partial charge in [-0.1, -0.05) is 0 Å². The molecule has 1 fully saturated rings. The van der Waals surface area contributed by atoms with Crippen LogP contribution >= 0.6 is 0 Å². The van der Waals surface area contributed by atoms with Crippen LogP contribution in [0.2, 0.25) is 0 Å². The lowest BCUT2D eigenvalue weighted by molar-refractivity contribution is -0.126. The Labute approximate surface area is 164 Å². The van der Waals surface area contributed by atoms with E-state index in [0.717, 1.165) is 43.5 Å². The van der Waals surface area contributed by atoms with Crippen molar-refractivity contribution in [2.24, 2.45) is 11.8 Å². The standard InChI is InChI=1S/C19H25FN4O3S/c20-16-5-7-18(8-6-16)28(26,27)24-11-14-1-3-15(4-2-14)19(25)22-10-9-17-12-21-13-23-17/h5-8,12-15,24H,1-4,9-11H2,(H,21,23)(H,22,25). The number of carbonyl (C=O) groups excluding carboxylic acids is 1. The Morgan fingerprint density at radius 2 is 1.89 bits per heavy atom. The average molecular weight is 408 g/mol. The Hall–Kier alpha value is -2.26. The molecular formula is C19H25FN4O3S. The lowest BCUT2D eigenvalue weighted by Crippen LogP contribution is -2.36. The molecule has 2 aromatic rings. The van der Waals surface area contributed by atoms with Crippen LogP contribution in [-0.2, 0) is 21.2 Å². The quantitative estimate of drug-likeness (QED) is 0.621. The molecule has 1 aromatic heterocycles. The van der Waals surface area contributed by atoms with Crippen molar-refractivity contribution in [1.82, 2.24) is 20.0 Å². The number of aromatic amines is 1. The maximum atomic E-state index is 13.0. The molecule has 0 bridgehead atoms. The minimum Gasteiger partial charge on any atom is -0.355 e. The normalized spacial score (nSPS) is 20.0. The summed E-state index contributed by atoms with van der Waals surface area (Å²) in [6, 6.07) is 4.76. The number of nitrogens with zero attached hydrogens (tertiary/aromatic N) is 1. The van der Waals surface area contributed by atoms with Gasteiger partial charge in [0.15, 0.2) is 0 Å². The number of halogens is 1. The zero-order chi connectivity index (χ0) is 20.0. The van der Waals surface area contributed by atoms with Gasteiger partial charge in [-0.2, -0.15) is 0 Å². The molecule has 1 heterocycles. The van der Waals surface area contributed by atoms with Gasteiger partial charge in [0.05, 0.1) is 11.2 Å². The van der Waals surface area contributed by atoms with E-state index in [9.17, 15) is 17.6 Å². The Balaban J connectivity index is 1.38. The molecule has 3 N–H and O–H groups in total. The van der Waals surface area contributed by atoms with Crippen molar-refractivity contribution in [2.75, 3.05) is 13.1 Å². The van der Waals surface area contributed by atoms with E-state index in [0.29, 0.717) is 19.5 Å². The van der Waals surface area contributed by atoms with E-state index < -0.39 is 15.8 Å². The molecule has 0 saturated heterocycles. The third-order valence-corrected chi connectivity index (χ3v) is 6.59. The highest BCUT2D eigenvalue weighted by Gasteiger charge is 2.27. The first-order valence-electron chi connectivity index (χ1n) is 9.44. The third kappa shape index (κ3) is 5.62. The summed E-state index contributed by atoms with van der Waals surface area (Å²) in [5.74, 6) is -0.235. The number of H-pyrrole nitrogens is 1. The molecule has 152 valence electrons. The molecule has 1 aromatic carbocycles. The van der Waals surface area contributed by atoms with Gasteiger partial charge in [0.1, 0.15) is 5.82 Å². The smallest absolute Gasteiger partial charge is 0.240 e. The number of hydrogen-bond donors (Lipinski definition) is 3. The molecule has 7 nitrogen and oxygen atoms in total. The van der Waals surface area contributed by atoms with E-state index in [1.807, 2.05) is 0 Å². The highest BCUT2D eigenvalue weighted by Crippen LogP contribution is 2.28. The van der Waals surface area contributed by atoms with Crippen molar-refractivity contribution >= 4 is 15.9 Å². The third-order valence-electron chi connectivity index (χ3n) is 5.15. The van der Waals surface area contributed by atoms with Crippen LogP contribution in [0.15, 0.2) is 41.7 Å². The second kappa shape index (κ2) is 9.29. The SMILES string of the molecule is O=C(NCCc1cnc[nH]1)C1CCC(CNS(=O)(=O)c2ccc(F)cc2)CC1. The van der Waals surface area contributed by atoms with E-state index in [2.05, 4.69) is 20.0 Å². The average Bonchev–Trinajstić information content (AvgIpc) is 3.21. The van der Waals surface area contributed by atoms with Crippen molar-refractivity contribution < 1.29 is 17.6 Å². The summed E-state index contributed by atoms with van der Waals surface area (Å²) >= 11 is 0. The van der Waals surface area contributed by atoms with Gasteiger partial charge in [0, 0.05) is 37.3 Å². The van der Waals surface area contributed by atoms with Crippen LogP contribution in [0.4, 0.5) is 4.39 Å².